The van der Waals surface area contributed by atoms with E-state index in [0.29, 0.717) is 97.6 Å². The molecule has 0 bridgehead atoms. The number of ether oxygens (including phenoxy) is 10. The highest BCUT2D eigenvalue weighted by molar-refractivity contribution is 5.79. The maximum absolute atomic E-state index is 13.8. The van der Waals surface area contributed by atoms with Crippen LogP contribution in [0.2, 0.25) is 0 Å². The van der Waals surface area contributed by atoms with Crippen LogP contribution in [-0.2, 0) is 71.3 Å². The summed E-state index contributed by atoms with van der Waals surface area (Å²) in [5, 5.41) is 104. The third-order valence-electron chi connectivity index (χ3n) is 16.5. The minimum Gasteiger partial charge on any atom is -0.394 e. The molecule has 0 spiro atoms. The zero-order valence-electron chi connectivity index (χ0n) is 55.3. The number of carbonyl (C=O) groups is 5. The Hall–Kier alpha value is -3.41. The van der Waals surface area contributed by atoms with Crippen molar-refractivity contribution in [2.45, 2.75) is 242 Å². The topological polar surface area (TPSA) is 420 Å². The molecule has 29 heteroatoms. The zero-order chi connectivity index (χ0) is 67.7. The highest BCUT2D eigenvalue weighted by Gasteiger charge is 2.45. The van der Waals surface area contributed by atoms with E-state index in [1.165, 1.54) is 0 Å². The summed E-state index contributed by atoms with van der Waals surface area (Å²) in [6.07, 6.45) is -2.13. The largest absolute Gasteiger partial charge is 0.394 e. The van der Waals surface area contributed by atoms with Crippen LogP contribution in [0.15, 0.2) is 0 Å². The van der Waals surface area contributed by atoms with E-state index in [1.54, 1.807) is 20.8 Å². The van der Waals surface area contributed by atoms with Gasteiger partial charge >= 0.3 is 0 Å². The second kappa shape index (κ2) is 48.3. The second-order valence-electron chi connectivity index (χ2n) is 24.8. The van der Waals surface area contributed by atoms with E-state index >= 15 is 0 Å². The van der Waals surface area contributed by atoms with Gasteiger partial charge in [-0.1, -0.05) is 59.3 Å². The summed E-state index contributed by atoms with van der Waals surface area (Å²) < 4.78 is 58.1. The first-order chi connectivity index (χ1) is 44.2. The first-order valence-electron chi connectivity index (χ1n) is 33.6. The van der Waals surface area contributed by atoms with Gasteiger partial charge in [-0.2, -0.15) is 0 Å². The maximum atomic E-state index is 13.8. The smallest absolute Gasteiger partial charge is 0.222 e. The molecule has 0 aromatic rings. The number of amides is 5. The molecule has 29 nitrogen and oxygen atoms in total. The van der Waals surface area contributed by atoms with E-state index in [9.17, 15) is 69.9 Å². The number of nitrogens with one attached hydrogen (secondary N) is 5. The average Bonchev–Trinajstić information content (AvgIpc) is 0.951. The van der Waals surface area contributed by atoms with Crippen LogP contribution in [0.25, 0.3) is 0 Å². The Bertz CT molecular complexity index is 1810. The van der Waals surface area contributed by atoms with Crippen molar-refractivity contribution in [1.29, 1.82) is 0 Å². The molecule has 3 rings (SSSR count). The van der Waals surface area contributed by atoms with Gasteiger partial charge in [-0.3, -0.25) is 24.0 Å². The van der Waals surface area contributed by atoms with Gasteiger partial charge in [-0.15, -0.1) is 0 Å². The van der Waals surface area contributed by atoms with Gasteiger partial charge in [0.25, 0.3) is 0 Å². The van der Waals surface area contributed by atoms with Gasteiger partial charge in [-0.05, 0) is 65.2 Å². The zero-order valence-corrected chi connectivity index (χ0v) is 55.3. The highest BCUT2D eigenvalue weighted by Crippen LogP contribution is 2.29. The van der Waals surface area contributed by atoms with Gasteiger partial charge in [0.2, 0.25) is 29.5 Å². The fraction of sp³-hybridized carbons (Fsp3) is 0.921. The molecule has 0 aromatic heterocycles. The number of unbranched alkanes of at least 4 members (excludes halogenated alkanes) is 9. The summed E-state index contributed by atoms with van der Waals surface area (Å²) >= 11 is 0. The second-order valence-corrected chi connectivity index (χ2v) is 24.8. The molecule has 3 heterocycles. The van der Waals surface area contributed by atoms with Crippen molar-refractivity contribution in [2.24, 2.45) is 17.8 Å². The van der Waals surface area contributed by atoms with Crippen molar-refractivity contribution in [3.63, 3.8) is 0 Å². The standard InChI is InChI=1S/C63H117N5O24/c1-42(2)86-32-19-28-67-49(72)20-18-21-53(76)68-63(39-83-33-22-50(73)64-25-12-6-9-15-29-87-60-43(3)54(77)57(80)46(36-69)90-60,40-84-34-23-51(74)65-26-13-7-10-16-30-88-61-44(4)55(78)58(81)47(37-70)91-61)41-85-35-24-52(75)66-27-14-8-11-17-31-89-62-45(5)56(79)59(82)48(38-71)92-62/h42-48,54-62,69-71,77-82H,6-41H2,1-5H3,(H,64,73)(H,65,74)(H,66,75)(H,67,72)(H,68,76)/t43?,44?,45?,46?,47?,48?,54-,55-,56-,57+,58+,59+,60-,61-,62-,63?/m1/s1. The molecule has 15 atom stereocenters. The van der Waals surface area contributed by atoms with Crippen LogP contribution in [0.1, 0.15) is 157 Å². The summed E-state index contributed by atoms with van der Waals surface area (Å²) in [6.45, 7) is 10.1. The molecule has 3 saturated heterocycles. The van der Waals surface area contributed by atoms with Crippen LogP contribution in [-0.4, -0.2) is 273 Å². The Morgan fingerprint density at radius 1 is 0.380 bits per heavy atom. The van der Waals surface area contributed by atoms with E-state index in [-0.39, 0.29) is 108 Å². The molecule has 3 aliphatic rings. The van der Waals surface area contributed by atoms with Crippen LogP contribution in [0.5, 0.6) is 0 Å². The molecule has 92 heavy (non-hydrogen) atoms. The van der Waals surface area contributed by atoms with Crippen molar-refractivity contribution < 1.29 is 117 Å². The number of aliphatic hydroxyl groups excluding tert-OH is 9. The third-order valence-corrected chi connectivity index (χ3v) is 16.5. The van der Waals surface area contributed by atoms with Crippen molar-refractivity contribution in [3.05, 3.63) is 0 Å². The normalized spacial score (nSPS) is 27.3. The Morgan fingerprint density at radius 2 is 0.685 bits per heavy atom. The first kappa shape index (κ1) is 82.8. The third kappa shape index (κ3) is 33.0. The summed E-state index contributed by atoms with van der Waals surface area (Å²) in [5.74, 6) is -2.88. The lowest BCUT2D eigenvalue weighted by Gasteiger charge is -2.40. The summed E-state index contributed by atoms with van der Waals surface area (Å²) in [7, 11) is 0. The van der Waals surface area contributed by atoms with Crippen molar-refractivity contribution in [2.75, 3.05) is 112 Å². The predicted octanol–water partition coefficient (Wildman–Crippen LogP) is -0.532. The van der Waals surface area contributed by atoms with Crippen molar-refractivity contribution in [1.82, 2.24) is 26.6 Å². The molecule has 3 aliphatic heterocycles. The van der Waals surface area contributed by atoms with Gasteiger partial charge < -0.3 is 120 Å². The molecule has 0 radical (unpaired) electrons. The highest BCUT2D eigenvalue weighted by atomic mass is 16.7. The molecular formula is C63H117N5O24. The van der Waals surface area contributed by atoms with Gasteiger partial charge in [0.05, 0.1) is 83.9 Å². The lowest BCUT2D eigenvalue weighted by molar-refractivity contribution is -0.282. The molecular weight excluding hydrogens is 1210 g/mol. The SMILES string of the molecule is CC(C)OCCCNC(=O)CCCC(=O)NC(COCCC(=O)NCCCCCCO[C@@H]1OC(CO)[C@H](O)[C@H](O)C1C)(COCCC(=O)NCCCCCCO[C@@H]1OC(CO)[C@H](O)[C@H](O)C1C)COCCC(=O)NCCCCCCO[C@@H]1OC(CO)[C@H](O)[C@H](O)C1C. The van der Waals surface area contributed by atoms with Crippen molar-refractivity contribution >= 4 is 29.5 Å². The predicted molar refractivity (Wildman–Crippen MR) is 333 cm³/mol. The fourth-order valence-electron chi connectivity index (χ4n) is 10.5. The Balaban J connectivity index is 1.53. The minimum atomic E-state index is -1.37. The van der Waals surface area contributed by atoms with Gasteiger partial charge in [0.15, 0.2) is 18.9 Å². The van der Waals surface area contributed by atoms with Gasteiger partial charge in [0.1, 0.15) is 42.2 Å². The molecule has 538 valence electrons. The summed E-state index contributed by atoms with van der Waals surface area (Å²) in [6, 6.07) is 0. The minimum absolute atomic E-state index is 0.0102. The van der Waals surface area contributed by atoms with E-state index in [4.69, 9.17) is 47.4 Å². The fourth-order valence-corrected chi connectivity index (χ4v) is 10.5. The summed E-state index contributed by atoms with van der Waals surface area (Å²) in [5.41, 5.74) is -1.37. The van der Waals surface area contributed by atoms with E-state index in [0.717, 1.165) is 38.5 Å². The van der Waals surface area contributed by atoms with Crippen LogP contribution >= 0.6 is 0 Å². The van der Waals surface area contributed by atoms with Crippen molar-refractivity contribution in [3.8, 4) is 0 Å². The molecule has 14 N–H and O–H groups in total. The maximum Gasteiger partial charge on any atom is 0.222 e. The molecule has 0 saturated carbocycles. The lowest BCUT2D eigenvalue weighted by atomic mass is 9.92. The van der Waals surface area contributed by atoms with E-state index < -0.39 is 123 Å². The number of rotatable bonds is 52. The number of carbonyl (C=O) groups excluding carboxylic acids is 5. The number of hydrogen-bond acceptors (Lipinski definition) is 24. The summed E-state index contributed by atoms with van der Waals surface area (Å²) in [4.78, 5) is 65.3. The first-order valence-corrected chi connectivity index (χ1v) is 33.6. The molecule has 5 amide bonds. The average molecular weight is 1330 g/mol. The number of hydrogen-bond donors (Lipinski definition) is 14. The van der Waals surface area contributed by atoms with Crippen LogP contribution < -0.4 is 26.6 Å². The quantitative estimate of drug-likeness (QED) is 0.0340. The van der Waals surface area contributed by atoms with Crippen LogP contribution in [0.3, 0.4) is 0 Å². The van der Waals surface area contributed by atoms with Crippen LogP contribution in [0, 0.1) is 17.8 Å². The van der Waals surface area contributed by atoms with E-state index in [2.05, 4.69) is 26.6 Å². The monoisotopic (exact) mass is 1330 g/mol. The number of aliphatic hydroxyl groups is 9. The molecule has 6 unspecified atom stereocenters. The Morgan fingerprint density at radius 3 is 1.01 bits per heavy atom. The molecule has 3 fully saturated rings. The Labute approximate surface area is 543 Å². The van der Waals surface area contributed by atoms with Gasteiger partial charge in [0, 0.05) is 102 Å². The molecule has 0 aromatic carbocycles. The lowest BCUT2D eigenvalue weighted by Crippen LogP contribution is -2.58. The van der Waals surface area contributed by atoms with E-state index in [1.807, 2.05) is 13.8 Å². The van der Waals surface area contributed by atoms with Crippen LogP contribution in [0.4, 0.5) is 0 Å². The van der Waals surface area contributed by atoms with Gasteiger partial charge in [-0.25, -0.2) is 0 Å². The Kier molecular flexibility index (Phi) is 43.5. The molecule has 0 aliphatic carbocycles.